The first-order valence-corrected chi connectivity index (χ1v) is 11.0. The maximum absolute atomic E-state index is 12.4. The van der Waals surface area contributed by atoms with Crippen LogP contribution in [0.4, 0.5) is 13.2 Å². The average Bonchev–Trinajstić information content (AvgIpc) is 3.36. The van der Waals surface area contributed by atoms with Crippen molar-refractivity contribution in [2.75, 3.05) is 6.61 Å². The van der Waals surface area contributed by atoms with E-state index in [4.69, 9.17) is 16.3 Å². The Morgan fingerprint density at radius 3 is 2.62 bits per heavy atom. The zero-order valence-electron chi connectivity index (χ0n) is 17.1. The topological polar surface area (TPSA) is 65.4 Å². The summed E-state index contributed by atoms with van der Waals surface area (Å²) in [5.74, 6) is 0.883. The van der Waals surface area contributed by atoms with Gasteiger partial charge in [0.15, 0.2) is 6.61 Å². The normalized spacial score (nSPS) is 31.0. The molecule has 0 saturated heterocycles. The Balaban J connectivity index is 1.11. The van der Waals surface area contributed by atoms with Gasteiger partial charge in [-0.25, -0.2) is 4.98 Å². The van der Waals surface area contributed by atoms with Gasteiger partial charge in [0, 0.05) is 28.7 Å². The van der Waals surface area contributed by atoms with Crippen molar-refractivity contribution in [3.05, 3.63) is 47.5 Å². The third-order valence-corrected chi connectivity index (χ3v) is 7.11. The first kappa shape index (κ1) is 21.6. The number of nitrogens with one attached hydrogen (secondary N) is 1. The molecule has 32 heavy (non-hydrogen) atoms. The lowest BCUT2D eigenvalue weighted by Gasteiger charge is -2.39. The van der Waals surface area contributed by atoms with E-state index in [-0.39, 0.29) is 30.0 Å². The number of hydrogen-bond acceptors (Lipinski definition) is 4. The third-order valence-electron chi connectivity index (χ3n) is 6.86. The van der Waals surface area contributed by atoms with Gasteiger partial charge in [0.25, 0.3) is 5.91 Å². The molecule has 6 rings (SSSR count). The van der Waals surface area contributed by atoms with Crippen LogP contribution in [-0.4, -0.2) is 40.1 Å². The molecule has 0 radical (unpaired) electrons. The number of fused-ring (bicyclic) bond motifs is 1. The number of carbonyl (C=O) groups excluding carboxylic acids is 1. The highest BCUT2D eigenvalue weighted by Crippen LogP contribution is 2.57. The van der Waals surface area contributed by atoms with Gasteiger partial charge in [-0.1, -0.05) is 11.6 Å². The lowest BCUT2D eigenvalue weighted by molar-refractivity contribution is -0.351. The van der Waals surface area contributed by atoms with Crippen molar-refractivity contribution < 1.29 is 27.4 Å². The summed E-state index contributed by atoms with van der Waals surface area (Å²) in [6.45, 7) is -0.0587. The molecule has 4 aliphatic rings. The summed E-state index contributed by atoms with van der Waals surface area (Å²) in [6.07, 6.45) is 1.63. The lowest BCUT2D eigenvalue weighted by Crippen LogP contribution is -2.53. The van der Waals surface area contributed by atoms with Crippen LogP contribution in [0.25, 0.3) is 0 Å². The predicted octanol–water partition coefficient (Wildman–Crippen LogP) is 4.61. The Labute approximate surface area is 188 Å². The summed E-state index contributed by atoms with van der Waals surface area (Å²) in [6, 6.07) is 7.08. The molecule has 10 heteroatoms. The van der Waals surface area contributed by atoms with Crippen molar-refractivity contribution in [3.8, 4) is 5.75 Å². The second kappa shape index (κ2) is 7.95. The van der Waals surface area contributed by atoms with E-state index < -0.39 is 12.5 Å². The van der Waals surface area contributed by atoms with E-state index in [1.54, 1.807) is 30.6 Å². The zero-order valence-corrected chi connectivity index (χ0v) is 17.9. The zero-order chi connectivity index (χ0) is 22.5. The van der Waals surface area contributed by atoms with Crippen LogP contribution in [0.5, 0.6) is 5.75 Å². The van der Waals surface area contributed by atoms with Crippen molar-refractivity contribution in [2.45, 2.75) is 62.1 Å². The lowest BCUT2D eigenvalue weighted by atomic mass is 9.76. The van der Waals surface area contributed by atoms with Crippen molar-refractivity contribution in [3.63, 3.8) is 0 Å². The summed E-state index contributed by atoms with van der Waals surface area (Å²) >= 11 is 5.85. The molecule has 6 nitrogen and oxygen atoms in total. The SMILES string of the molecule is O=C(COc1ccc(Cl)cc1)NC12CC(C1)[C@@H](n1cnc(C3CC(OC(F)(F)F)C3)c1)C2. The number of ether oxygens (including phenoxy) is 2. The molecule has 0 unspecified atom stereocenters. The number of aromatic nitrogens is 2. The fourth-order valence-corrected chi connectivity index (χ4v) is 5.43. The van der Waals surface area contributed by atoms with E-state index >= 15 is 0 Å². The van der Waals surface area contributed by atoms with Crippen LogP contribution in [0.15, 0.2) is 36.8 Å². The standard InChI is InChI=1S/C22H23ClF3N3O3/c23-15-1-3-16(4-2-15)31-11-20(30)28-21-7-14(8-21)19(9-21)29-10-18(27-12-29)13-5-17(6-13)32-22(24,25)26/h1-4,10,12-14,17,19H,5-9,11H2,(H,28,30)/t13?,14?,17?,19-,21?/m0/s1. The number of hydrogen-bond donors (Lipinski definition) is 1. The van der Waals surface area contributed by atoms with Gasteiger partial charge in [0.05, 0.1) is 18.1 Å². The van der Waals surface area contributed by atoms with Gasteiger partial charge >= 0.3 is 6.36 Å². The van der Waals surface area contributed by atoms with Crippen molar-refractivity contribution in [1.29, 1.82) is 0 Å². The second-order valence-electron chi connectivity index (χ2n) is 9.11. The van der Waals surface area contributed by atoms with Gasteiger partial charge in [-0.2, -0.15) is 0 Å². The fourth-order valence-electron chi connectivity index (χ4n) is 5.30. The van der Waals surface area contributed by atoms with E-state index in [9.17, 15) is 18.0 Å². The number of halogens is 4. The van der Waals surface area contributed by atoms with Gasteiger partial charge in [-0.15, -0.1) is 13.2 Å². The Bertz CT molecular complexity index is 982. The highest BCUT2D eigenvalue weighted by molar-refractivity contribution is 6.30. The fraction of sp³-hybridized carbons (Fsp3) is 0.545. The number of alkyl halides is 3. The van der Waals surface area contributed by atoms with Crippen LogP contribution in [0.3, 0.4) is 0 Å². The third kappa shape index (κ3) is 4.45. The van der Waals surface area contributed by atoms with Gasteiger partial charge in [0.1, 0.15) is 5.75 Å². The van der Waals surface area contributed by atoms with E-state index in [1.165, 1.54) is 0 Å². The number of carbonyl (C=O) groups is 1. The Morgan fingerprint density at radius 1 is 1.22 bits per heavy atom. The summed E-state index contributed by atoms with van der Waals surface area (Å²) in [5.41, 5.74) is 0.591. The van der Waals surface area contributed by atoms with E-state index in [0.29, 0.717) is 29.5 Å². The predicted molar refractivity (Wildman–Crippen MR) is 109 cm³/mol. The minimum Gasteiger partial charge on any atom is -0.484 e. The highest BCUT2D eigenvalue weighted by atomic mass is 35.5. The number of benzene rings is 1. The number of rotatable bonds is 7. The van der Waals surface area contributed by atoms with E-state index in [0.717, 1.165) is 25.0 Å². The quantitative estimate of drug-likeness (QED) is 0.643. The van der Waals surface area contributed by atoms with Gasteiger partial charge in [0.2, 0.25) is 0 Å². The second-order valence-corrected chi connectivity index (χ2v) is 9.55. The van der Waals surface area contributed by atoms with E-state index in [2.05, 4.69) is 19.6 Å². The Morgan fingerprint density at radius 2 is 1.94 bits per heavy atom. The Kier molecular flexibility index (Phi) is 5.36. The van der Waals surface area contributed by atoms with Crippen molar-refractivity contribution in [1.82, 2.24) is 14.9 Å². The highest BCUT2D eigenvalue weighted by Gasteiger charge is 2.57. The number of imidazole rings is 1. The average molecular weight is 470 g/mol. The first-order chi connectivity index (χ1) is 15.2. The molecular formula is C22H23ClF3N3O3. The molecule has 1 heterocycles. The smallest absolute Gasteiger partial charge is 0.484 e. The maximum atomic E-state index is 12.4. The first-order valence-electron chi connectivity index (χ1n) is 10.7. The minimum absolute atomic E-state index is 0.00122. The molecule has 2 bridgehead atoms. The molecule has 172 valence electrons. The van der Waals surface area contributed by atoms with Gasteiger partial charge in [-0.05, 0) is 62.3 Å². The molecule has 0 spiro atoms. The molecule has 1 N–H and O–H groups in total. The molecule has 4 fully saturated rings. The molecule has 1 atom stereocenters. The van der Waals surface area contributed by atoms with Crippen LogP contribution in [0, 0.1) is 5.92 Å². The van der Waals surface area contributed by atoms with Crippen LogP contribution in [-0.2, 0) is 9.53 Å². The summed E-state index contributed by atoms with van der Waals surface area (Å²) in [5, 5.41) is 3.74. The molecule has 1 aromatic carbocycles. The van der Waals surface area contributed by atoms with Crippen LogP contribution >= 0.6 is 11.6 Å². The van der Waals surface area contributed by atoms with Gasteiger partial charge in [-0.3, -0.25) is 9.53 Å². The number of amides is 1. The Hall–Kier alpha value is -2.26. The molecule has 2 aromatic rings. The maximum Gasteiger partial charge on any atom is 0.522 e. The molecule has 1 aromatic heterocycles. The van der Waals surface area contributed by atoms with Crippen molar-refractivity contribution in [2.24, 2.45) is 5.92 Å². The van der Waals surface area contributed by atoms with E-state index in [1.807, 2.05) is 6.20 Å². The van der Waals surface area contributed by atoms with Crippen LogP contribution < -0.4 is 10.1 Å². The minimum atomic E-state index is -4.58. The molecule has 1 amide bonds. The molecule has 4 aliphatic carbocycles. The largest absolute Gasteiger partial charge is 0.522 e. The monoisotopic (exact) mass is 469 g/mol. The summed E-state index contributed by atoms with van der Waals surface area (Å²) in [4.78, 5) is 16.8. The van der Waals surface area contributed by atoms with Gasteiger partial charge < -0.3 is 14.6 Å². The molecular weight excluding hydrogens is 447 g/mol. The van der Waals surface area contributed by atoms with Crippen molar-refractivity contribution >= 4 is 17.5 Å². The molecule has 4 saturated carbocycles. The van der Waals surface area contributed by atoms with Crippen LogP contribution in [0.1, 0.15) is 49.8 Å². The number of nitrogens with zero attached hydrogens (tertiary/aromatic N) is 2. The van der Waals surface area contributed by atoms with Crippen LogP contribution in [0.2, 0.25) is 5.02 Å². The summed E-state index contributed by atoms with van der Waals surface area (Å²) in [7, 11) is 0. The molecule has 0 aliphatic heterocycles. The summed E-state index contributed by atoms with van der Waals surface area (Å²) < 4.78 is 48.6.